The van der Waals surface area contributed by atoms with Gasteiger partial charge < -0.3 is 11.1 Å². The maximum absolute atomic E-state index is 12.6. The van der Waals surface area contributed by atoms with Crippen LogP contribution in [0.3, 0.4) is 0 Å². The minimum Gasteiger partial charge on any atom is -0.402 e. The molecule has 2 rings (SSSR count). The molecule has 1 heterocycles. The maximum Gasteiger partial charge on any atom is 0.416 e. The number of carbonyl (C=O) groups excluding carboxylic acids is 1. The van der Waals surface area contributed by atoms with Gasteiger partial charge in [0.1, 0.15) is 5.82 Å². The van der Waals surface area contributed by atoms with Crippen molar-refractivity contribution in [3.63, 3.8) is 0 Å². The number of nitrogens with one attached hydrogen (secondary N) is 1. The number of alkyl halides is 3. The van der Waals surface area contributed by atoms with Crippen molar-refractivity contribution in [2.75, 3.05) is 5.32 Å². The number of amides is 1. The van der Waals surface area contributed by atoms with Crippen LogP contribution >= 0.6 is 0 Å². The van der Waals surface area contributed by atoms with Gasteiger partial charge in [-0.2, -0.15) is 13.2 Å². The van der Waals surface area contributed by atoms with Gasteiger partial charge in [0.25, 0.3) is 5.91 Å². The van der Waals surface area contributed by atoms with Gasteiger partial charge in [0.2, 0.25) is 0 Å². The van der Waals surface area contributed by atoms with Gasteiger partial charge >= 0.3 is 6.18 Å². The molecule has 0 saturated heterocycles. The molecule has 0 aliphatic heterocycles. The summed E-state index contributed by atoms with van der Waals surface area (Å²) in [6.07, 6.45) is -2.93. The van der Waals surface area contributed by atoms with E-state index < -0.39 is 17.6 Å². The fraction of sp³-hybridized carbons (Fsp3) is 0.125. The highest BCUT2D eigenvalue weighted by atomic mass is 19.4. The fourth-order valence-electron chi connectivity index (χ4n) is 1.98. The molecule has 0 unspecified atom stereocenters. The van der Waals surface area contributed by atoms with E-state index in [9.17, 15) is 18.0 Å². The molecule has 120 valence electrons. The molecule has 0 radical (unpaired) electrons. The van der Waals surface area contributed by atoms with Crippen molar-refractivity contribution in [2.45, 2.75) is 13.1 Å². The molecule has 4 nitrogen and oxygen atoms in total. The summed E-state index contributed by atoms with van der Waals surface area (Å²) in [4.78, 5) is 16.3. The largest absolute Gasteiger partial charge is 0.416 e. The summed E-state index contributed by atoms with van der Waals surface area (Å²) in [6, 6.07) is 9.22. The number of benzene rings is 1. The Balaban J connectivity index is 2.29. The number of carbonyl (C=O) groups is 1. The molecule has 23 heavy (non-hydrogen) atoms. The van der Waals surface area contributed by atoms with Gasteiger partial charge in [0.15, 0.2) is 0 Å². The van der Waals surface area contributed by atoms with Gasteiger partial charge in [-0.1, -0.05) is 18.2 Å². The SMILES string of the molecule is C/C(N)=C(/C(=O)Nc1ccccn1)c1ccc(C(F)(F)F)cc1. The van der Waals surface area contributed by atoms with E-state index in [1.807, 2.05) is 0 Å². The Labute approximate surface area is 130 Å². The number of allylic oxidation sites excluding steroid dienone is 1. The Bertz CT molecular complexity index is 718. The van der Waals surface area contributed by atoms with Crippen LogP contribution in [0.1, 0.15) is 18.1 Å². The summed E-state index contributed by atoms with van der Waals surface area (Å²) in [6.45, 7) is 1.50. The average molecular weight is 321 g/mol. The van der Waals surface area contributed by atoms with E-state index in [1.54, 1.807) is 18.2 Å². The van der Waals surface area contributed by atoms with Gasteiger partial charge in [-0.25, -0.2) is 4.98 Å². The number of nitrogens with zero attached hydrogens (tertiary/aromatic N) is 1. The van der Waals surface area contributed by atoms with Crippen LogP contribution in [0.25, 0.3) is 5.57 Å². The van der Waals surface area contributed by atoms with Crippen molar-refractivity contribution in [1.29, 1.82) is 0 Å². The average Bonchev–Trinajstić information content (AvgIpc) is 2.47. The first kappa shape index (κ1) is 16.5. The first-order valence-electron chi connectivity index (χ1n) is 6.65. The molecule has 0 saturated carbocycles. The van der Waals surface area contributed by atoms with E-state index in [2.05, 4.69) is 10.3 Å². The van der Waals surface area contributed by atoms with Crippen molar-refractivity contribution in [3.8, 4) is 0 Å². The van der Waals surface area contributed by atoms with Crippen LogP contribution < -0.4 is 11.1 Å². The topological polar surface area (TPSA) is 68.0 Å². The minimum absolute atomic E-state index is 0.101. The lowest BCUT2D eigenvalue weighted by molar-refractivity contribution is -0.137. The summed E-state index contributed by atoms with van der Waals surface area (Å²) in [5, 5.41) is 2.56. The van der Waals surface area contributed by atoms with Crippen molar-refractivity contribution in [1.82, 2.24) is 4.98 Å². The third-order valence-corrected chi connectivity index (χ3v) is 3.03. The van der Waals surface area contributed by atoms with Gasteiger partial charge in [-0.05, 0) is 36.8 Å². The van der Waals surface area contributed by atoms with E-state index in [1.165, 1.54) is 25.3 Å². The Morgan fingerprint density at radius 1 is 1.13 bits per heavy atom. The highest BCUT2D eigenvalue weighted by Crippen LogP contribution is 2.30. The second-order valence-corrected chi connectivity index (χ2v) is 4.80. The summed E-state index contributed by atoms with van der Waals surface area (Å²) < 4.78 is 37.8. The minimum atomic E-state index is -4.43. The summed E-state index contributed by atoms with van der Waals surface area (Å²) in [5.74, 6) is -0.216. The zero-order chi connectivity index (χ0) is 17.0. The van der Waals surface area contributed by atoms with E-state index in [-0.39, 0.29) is 11.3 Å². The van der Waals surface area contributed by atoms with Crippen LogP contribution in [-0.2, 0) is 11.0 Å². The molecule has 1 amide bonds. The highest BCUT2D eigenvalue weighted by Gasteiger charge is 2.30. The second kappa shape index (κ2) is 6.51. The molecular formula is C16H14F3N3O. The van der Waals surface area contributed by atoms with Crippen molar-refractivity contribution in [2.24, 2.45) is 5.73 Å². The molecule has 0 aliphatic carbocycles. The zero-order valence-corrected chi connectivity index (χ0v) is 12.2. The molecular weight excluding hydrogens is 307 g/mol. The summed E-state index contributed by atoms with van der Waals surface area (Å²) in [7, 11) is 0. The fourth-order valence-corrected chi connectivity index (χ4v) is 1.98. The third kappa shape index (κ3) is 4.09. The monoisotopic (exact) mass is 321 g/mol. The molecule has 0 spiro atoms. The van der Waals surface area contributed by atoms with E-state index in [0.717, 1.165) is 12.1 Å². The lowest BCUT2D eigenvalue weighted by Gasteiger charge is -2.12. The molecule has 1 aromatic heterocycles. The van der Waals surface area contributed by atoms with Crippen LogP contribution in [0.4, 0.5) is 19.0 Å². The number of nitrogens with two attached hydrogens (primary N) is 1. The Hall–Kier alpha value is -2.83. The molecule has 2 aromatic rings. The Morgan fingerprint density at radius 2 is 1.78 bits per heavy atom. The van der Waals surface area contributed by atoms with Gasteiger partial charge in [0, 0.05) is 11.9 Å². The quantitative estimate of drug-likeness (QED) is 0.851. The maximum atomic E-state index is 12.6. The van der Waals surface area contributed by atoms with Crippen LogP contribution in [0, 0.1) is 0 Å². The number of pyridine rings is 1. The standard InChI is InChI=1S/C16H14F3N3O/c1-10(20)14(15(23)22-13-4-2-3-9-21-13)11-5-7-12(8-6-11)16(17,18)19/h2-9H,20H2,1H3,(H,21,22,23)/b14-10-. The first-order valence-corrected chi connectivity index (χ1v) is 6.65. The number of hydrogen-bond donors (Lipinski definition) is 2. The predicted octanol–water partition coefficient (Wildman–Crippen LogP) is 3.43. The second-order valence-electron chi connectivity index (χ2n) is 4.80. The van der Waals surface area contributed by atoms with E-state index >= 15 is 0 Å². The predicted molar refractivity (Wildman–Crippen MR) is 81.1 cm³/mol. The Kier molecular flexibility index (Phi) is 4.68. The normalized spacial score (nSPS) is 12.5. The highest BCUT2D eigenvalue weighted by molar-refractivity contribution is 6.25. The smallest absolute Gasteiger partial charge is 0.402 e. The van der Waals surface area contributed by atoms with Crippen LogP contribution in [-0.4, -0.2) is 10.9 Å². The molecule has 7 heteroatoms. The van der Waals surface area contributed by atoms with Crippen molar-refractivity contribution >= 4 is 17.3 Å². The Morgan fingerprint density at radius 3 is 2.26 bits per heavy atom. The molecule has 0 bridgehead atoms. The van der Waals surface area contributed by atoms with Crippen LogP contribution in [0.5, 0.6) is 0 Å². The van der Waals surface area contributed by atoms with Crippen molar-refractivity contribution < 1.29 is 18.0 Å². The zero-order valence-electron chi connectivity index (χ0n) is 12.2. The lowest BCUT2D eigenvalue weighted by Crippen LogP contribution is -2.18. The van der Waals surface area contributed by atoms with Gasteiger partial charge in [-0.15, -0.1) is 0 Å². The van der Waals surface area contributed by atoms with E-state index in [4.69, 9.17) is 5.73 Å². The van der Waals surface area contributed by atoms with Crippen molar-refractivity contribution in [3.05, 3.63) is 65.5 Å². The number of aromatic nitrogens is 1. The summed E-state index contributed by atoms with van der Waals surface area (Å²) in [5.41, 5.74) is 5.52. The molecule has 0 atom stereocenters. The number of halogens is 3. The number of rotatable bonds is 3. The van der Waals surface area contributed by atoms with Gasteiger partial charge in [-0.3, -0.25) is 4.79 Å². The molecule has 3 N–H and O–H groups in total. The van der Waals surface area contributed by atoms with Gasteiger partial charge in [0.05, 0.1) is 11.1 Å². The first-order chi connectivity index (χ1) is 10.8. The molecule has 1 aromatic carbocycles. The van der Waals surface area contributed by atoms with Crippen LogP contribution in [0.2, 0.25) is 0 Å². The van der Waals surface area contributed by atoms with E-state index in [0.29, 0.717) is 11.4 Å². The lowest BCUT2D eigenvalue weighted by atomic mass is 10.0. The number of anilines is 1. The molecule has 0 fully saturated rings. The summed E-state index contributed by atoms with van der Waals surface area (Å²) >= 11 is 0. The van der Waals surface area contributed by atoms with Crippen LogP contribution in [0.15, 0.2) is 54.4 Å². The number of hydrogen-bond acceptors (Lipinski definition) is 3. The third-order valence-electron chi connectivity index (χ3n) is 3.03. The molecule has 0 aliphatic rings.